The fourth-order valence-corrected chi connectivity index (χ4v) is 5.24. The Hall–Kier alpha value is -2.17. The Morgan fingerprint density at radius 3 is 2.18 bits per heavy atom. The number of fused-ring (bicyclic) bond motifs is 1. The summed E-state index contributed by atoms with van der Waals surface area (Å²) in [5.74, 6) is -0.726. The number of hydrogen-bond acceptors (Lipinski definition) is 3. The molecule has 0 bridgehead atoms. The highest BCUT2D eigenvalue weighted by molar-refractivity contribution is 6.08. The van der Waals surface area contributed by atoms with Crippen LogP contribution in [0.4, 0.5) is 0 Å². The average Bonchev–Trinajstić information content (AvgIpc) is 2.98. The van der Waals surface area contributed by atoms with Gasteiger partial charge in [-0.3, -0.25) is 19.3 Å². The van der Waals surface area contributed by atoms with Crippen LogP contribution in [0.2, 0.25) is 0 Å². The highest BCUT2D eigenvalue weighted by atomic mass is 16.2. The first-order chi connectivity index (χ1) is 13.6. The molecule has 0 aromatic heterocycles. The topological polar surface area (TPSA) is 57.7 Å². The molecule has 2 heterocycles. The lowest BCUT2D eigenvalue weighted by Crippen LogP contribution is -2.55. The molecule has 3 aliphatic rings. The molecule has 5 heteroatoms. The third kappa shape index (κ3) is 3.47. The van der Waals surface area contributed by atoms with Gasteiger partial charge < -0.3 is 4.90 Å². The lowest BCUT2D eigenvalue weighted by atomic mass is 9.81. The Kier molecular flexibility index (Phi) is 5.51. The second kappa shape index (κ2) is 8.06. The van der Waals surface area contributed by atoms with E-state index >= 15 is 0 Å². The normalized spacial score (nSPS) is 29.0. The molecule has 4 rings (SSSR count). The minimum atomic E-state index is -0.714. The zero-order chi connectivity index (χ0) is 19.7. The van der Waals surface area contributed by atoms with Crippen molar-refractivity contribution < 1.29 is 14.4 Å². The molecule has 0 N–H and O–H groups in total. The maximum atomic E-state index is 13.6. The van der Waals surface area contributed by atoms with Crippen LogP contribution in [0.25, 0.3) is 0 Å². The molecule has 2 saturated heterocycles. The van der Waals surface area contributed by atoms with Gasteiger partial charge in [0.2, 0.25) is 17.7 Å². The lowest BCUT2D eigenvalue weighted by molar-refractivity contribution is -0.153. The van der Waals surface area contributed by atoms with E-state index in [1.54, 1.807) is 0 Å². The van der Waals surface area contributed by atoms with E-state index < -0.39 is 6.04 Å². The Morgan fingerprint density at radius 1 is 0.964 bits per heavy atom. The highest BCUT2D eigenvalue weighted by Crippen LogP contribution is 2.39. The minimum Gasteiger partial charge on any atom is -0.338 e. The van der Waals surface area contributed by atoms with E-state index in [2.05, 4.69) is 6.92 Å². The Labute approximate surface area is 167 Å². The van der Waals surface area contributed by atoms with E-state index in [-0.39, 0.29) is 35.6 Å². The first-order valence-corrected chi connectivity index (χ1v) is 10.8. The van der Waals surface area contributed by atoms with E-state index in [4.69, 9.17) is 0 Å². The van der Waals surface area contributed by atoms with E-state index in [9.17, 15) is 14.4 Å². The predicted molar refractivity (Wildman–Crippen MR) is 106 cm³/mol. The highest BCUT2D eigenvalue weighted by Gasteiger charge is 2.52. The van der Waals surface area contributed by atoms with E-state index in [0.717, 1.165) is 50.5 Å². The molecule has 1 aliphatic carbocycles. The number of amides is 3. The molecule has 28 heavy (non-hydrogen) atoms. The van der Waals surface area contributed by atoms with Crippen molar-refractivity contribution in [2.45, 2.75) is 70.4 Å². The molecule has 3 fully saturated rings. The second-order valence-electron chi connectivity index (χ2n) is 8.63. The second-order valence-corrected chi connectivity index (χ2v) is 8.63. The maximum Gasteiger partial charge on any atom is 0.246 e. The van der Waals surface area contributed by atoms with Crippen molar-refractivity contribution >= 4 is 17.7 Å². The smallest absolute Gasteiger partial charge is 0.246 e. The van der Waals surface area contributed by atoms with Crippen LogP contribution in [-0.2, 0) is 20.8 Å². The van der Waals surface area contributed by atoms with E-state index in [1.165, 1.54) is 4.90 Å². The summed E-state index contributed by atoms with van der Waals surface area (Å²) >= 11 is 0. The quantitative estimate of drug-likeness (QED) is 0.752. The molecule has 5 nitrogen and oxygen atoms in total. The van der Waals surface area contributed by atoms with Crippen LogP contribution < -0.4 is 0 Å². The molecular weight excluding hydrogens is 352 g/mol. The average molecular weight is 383 g/mol. The minimum absolute atomic E-state index is 0.0589. The van der Waals surface area contributed by atoms with Gasteiger partial charge in [0.1, 0.15) is 6.04 Å². The molecule has 2 aliphatic heterocycles. The summed E-state index contributed by atoms with van der Waals surface area (Å²) in [6, 6.07) is 9.20. The fourth-order valence-electron chi connectivity index (χ4n) is 5.24. The van der Waals surface area contributed by atoms with E-state index in [1.807, 2.05) is 35.2 Å². The first kappa shape index (κ1) is 19.2. The van der Waals surface area contributed by atoms with Crippen molar-refractivity contribution in [1.82, 2.24) is 9.80 Å². The summed E-state index contributed by atoms with van der Waals surface area (Å²) in [7, 11) is 0. The summed E-state index contributed by atoms with van der Waals surface area (Å²) in [6.07, 6.45) is 7.04. The lowest BCUT2D eigenvalue weighted by Gasteiger charge is -2.38. The summed E-state index contributed by atoms with van der Waals surface area (Å²) in [5.41, 5.74) is 0.987. The van der Waals surface area contributed by atoms with Gasteiger partial charge in [-0.1, -0.05) is 43.2 Å². The van der Waals surface area contributed by atoms with Gasteiger partial charge in [0.15, 0.2) is 0 Å². The monoisotopic (exact) mass is 382 g/mol. The SMILES string of the molecule is C[C@@H]1CCCCN1C(=O)[C@@H](Cc1ccccc1)N1C(=O)[C@H]2CCCC[C@H]2C1=O. The molecule has 0 spiro atoms. The number of hydrogen-bond donors (Lipinski definition) is 0. The third-order valence-electron chi connectivity index (χ3n) is 6.83. The van der Waals surface area contributed by atoms with Gasteiger partial charge >= 0.3 is 0 Å². The molecule has 4 atom stereocenters. The van der Waals surface area contributed by atoms with Crippen LogP contribution in [0.1, 0.15) is 57.4 Å². The van der Waals surface area contributed by atoms with Crippen molar-refractivity contribution in [3.05, 3.63) is 35.9 Å². The van der Waals surface area contributed by atoms with E-state index in [0.29, 0.717) is 13.0 Å². The van der Waals surface area contributed by atoms with Crippen molar-refractivity contribution in [2.75, 3.05) is 6.54 Å². The number of imide groups is 1. The number of carbonyl (C=O) groups is 3. The van der Waals surface area contributed by atoms with Gasteiger partial charge in [-0.2, -0.15) is 0 Å². The molecule has 0 radical (unpaired) electrons. The van der Waals surface area contributed by atoms with Crippen molar-refractivity contribution in [3.8, 4) is 0 Å². The summed E-state index contributed by atoms with van der Waals surface area (Å²) < 4.78 is 0. The number of nitrogens with zero attached hydrogens (tertiary/aromatic N) is 2. The summed E-state index contributed by atoms with van der Waals surface area (Å²) in [6.45, 7) is 2.79. The van der Waals surface area contributed by atoms with Gasteiger partial charge in [-0.15, -0.1) is 0 Å². The Balaban J connectivity index is 1.65. The van der Waals surface area contributed by atoms with Crippen LogP contribution >= 0.6 is 0 Å². The molecule has 1 saturated carbocycles. The Morgan fingerprint density at radius 2 is 1.57 bits per heavy atom. The van der Waals surface area contributed by atoms with Gasteiger partial charge in [0.05, 0.1) is 11.8 Å². The van der Waals surface area contributed by atoms with Crippen LogP contribution in [0.3, 0.4) is 0 Å². The standard InChI is InChI=1S/C23H30N2O3/c1-16-9-7-8-14-24(16)23(28)20(15-17-10-3-2-4-11-17)25-21(26)18-12-5-6-13-19(18)22(25)27/h2-4,10-11,16,18-20H,5-9,12-15H2,1H3/t16-,18-,19+,20-/m1/s1. The number of likely N-dealkylation sites (tertiary alicyclic amines) is 2. The molecule has 1 aromatic carbocycles. The molecular formula is C23H30N2O3. The number of carbonyl (C=O) groups excluding carboxylic acids is 3. The summed E-state index contributed by atoms with van der Waals surface area (Å²) in [4.78, 5) is 43.2. The zero-order valence-electron chi connectivity index (χ0n) is 16.7. The fraction of sp³-hybridized carbons (Fsp3) is 0.609. The molecule has 0 unspecified atom stereocenters. The Bertz CT molecular complexity index is 723. The van der Waals surface area contributed by atoms with Crippen molar-refractivity contribution in [3.63, 3.8) is 0 Å². The van der Waals surface area contributed by atoms with Gasteiger partial charge in [-0.05, 0) is 44.6 Å². The van der Waals surface area contributed by atoms with Crippen LogP contribution in [0.15, 0.2) is 30.3 Å². The maximum absolute atomic E-state index is 13.6. The summed E-state index contributed by atoms with van der Waals surface area (Å²) in [5, 5.41) is 0. The first-order valence-electron chi connectivity index (χ1n) is 10.8. The predicted octanol–water partition coefficient (Wildman–Crippen LogP) is 3.17. The van der Waals surface area contributed by atoms with Crippen molar-refractivity contribution in [1.29, 1.82) is 0 Å². The molecule has 3 amide bonds. The van der Waals surface area contributed by atoms with Gasteiger partial charge in [-0.25, -0.2) is 0 Å². The number of benzene rings is 1. The van der Waals surface area contributed by atoms with Gasteiger partial charge in [0.25, 0.3) is 0 Å². The molecule has 150 valence electrons. The van der Waals surface area contributed by atoms with Crippen molar-refractivity contribution in [2.24, 2.45) is 11.8 Å². The van der Waals surface area contributed by atoms with Crippen LogP contribution in [0, 0.1) is 11.8 Å². The van der Waals surface area contributed by atoms with Crippen LogP contribution in [0.5, 0.6) is 0 Å². The third-order valence-corrected chi connectivity index (χ3v) is 6.83. The number of piperidine rings is 1. The number of rotatable bonds is 4. The molecule has 1 aromatic rings. The van der Waals surface area contributed by atoms with Gasteiger partial charge in [0, 0.05) is 19.0 Å². The van der Waals surface area contributed by atoms with Crippen LogP contribution in [-0.4, -0.2) is 46.1 Å². The zero-order valence-corrected chi connectivity index (χ0v) is 16.7. The largest absolute Gasteiger partial charge is 0.338 e.